The van der Waals surface area contributed by atoms with Crippen LogP contribution in [0.2, 0.25) is 0 Å². The molecule has 0 radical (unpaired) electrons. The molecule has 0 aliphatic rings. The molecule has 4 nitrogen and oxygen atoms in total. The van der Waals surface area contributed by atoms with Crippen LogP contribution in [0.1, 0.15) is 16.7 Å². The summed E-state index contributed by atoms with van der Waals surface area (Å²) in [6, 6.07) is 10.6. The van der Waals surface area contributed by atoms with Crippen molar-refractivity contribution in [3.63, 3.8) is 0 Å². The van der Waals surface area contributed by atoms with E-state index < -0.39 is 7.82 Å². The summed E-state index contributed by atoms with van der Waals surface area (Å²) < 4.78 is 35.8. The van der Waals surface area contributed by atoms with Crippen LogP contribution < -0.4 is 13.6 Å². The average molecular weight is 842 g/mol. The lowest BCUT2D eigenvalue weighted by Gasteiger charge is -2.22. The van der Waals surface area contributed by atoms with E-state index in [1.165, 1.54) is 0 Å². The predicted octanol–water partition coefficient (Wildman–Crippen LogP) is 10.8. The lowest BCUT2D eigenvalue weighted by atomic mass is 10.2. The maximum atomic E-state index is 14.0. The van der Waals surface area contributed by atoms with Crippen LogP contribution in [0.5, 0.6) is 17.2 Å². The second-order valence-electron chi connectivity index (χ2n) is 6.75. The van der Waals surface area contributed by atoms with Crippen LogP contribution in [0, 0.1) is 20.8 Å². The molecule has 3 aromatic carbocycles. The smallest absolute Gasteiger partial charge is 0.385 e. The van der Waals surface area contributed by atoms with Crippen molar-refractivity contribution in [2.24, 2.45) is 0 Å². The Labute approximate surface area is 237 Å². The van der Waals surface area contributed by atoms with Gasteiger partial charge in [-0.15, -0.1) is 0 Å². The maximum absolute atomic E-state index is 14.0. The summed E-state index contributed by atoms with van der Waals surface area (Å²) in [4.78, 5) is 0. The fourth-order valence-electron chi connectivity index (χ4n) is 2.51. The predicted molar refractivity (Wildman–Crippen MR) is 149 cm³/mol. The summed E-state index contributed by atoms with van der Waals surface area (Å²) in [6.45, 7) is 5.81. The molecule has 170 valence electrons. The molecule has 0 saturated carbocycles. The van der Waals surface area contributed by atoms with Gasteiger partial charge >= 0.3 is 7.82 Å². The lowest BCUT2D eigenvalue weighted by molar-refractivity contribution is 0.296. The van der Waals surface area contributed by atoms with Gasteiger partial charge in [0.15, 0.2) is 0 Å². The number of hydrogen-bond donors (Lipinski definition) is 0. The highest BCUT2D eigenvalue weighted by Crippen LogP contribution is 2.55. The van der Waals surface area contributed by atoms with E-state index in [4.69, 9.17) is 13.6 Å². The molecule has 0 amide bonds. The zero-order valence-corrected chi connectivity index (χ0v) is 27.2. The molecule has 0 heterocycles. The fraction of sp³-hybridized carbons (Fsp3) is 0.143. The minimum Gasteiger partial charge on any atom is -0.385 e. The Morgan fingerprint density at radius 1 is 0.500 bits per heavy atom. The van der Waals surface area contributed by atoms with Gasteiger partial charge in [0.25, 0.3) is 0 Å². The number of phosphoric ester groups is 1. The molecule has 0 aromatic heterocycles. The summed E-state index contributed by atoms with van der Waals surface area (Å²) in [5.74, 6) is 0.904. The van der Waals surface area contributed by atoms with Crippen molar-refractivity contribution >= 4 is 103 Å². The summed E-state index contributed by atoms with van der Waals surface area (Å²) >= 11 is 21.0. The van der Waals surface area contributed by atoms with Crippen LogP contribution in [0.4, 0.5) is 0 Å². The minimum atomic E-state index is -4.22. The molecule has 0 N–H and O–H groups in total. The van der Waals surface area contributed by atoms with Gasteiger partial charge in [0.2, 0.25) is 0 Å². The molecule has 0 bridgehead atoms. The summed E-state index contributed by atoms with van der Waals surface area (Å²) in [5, 5.41) is 0. The molecule has 0 fully saturated rings. The number of benzene rings is 3. The molecule has 0 aliphatic carbocycles. The van der Waals surface area contributed by atoms with Crippen LogP contribution >= 0.6 is 103 Å². The standard InChI is InChI=1S/C21H15Br6O4P/c1-10-4-7-13(19(25)16(10)22)29-32(28,30-14-8-5-11(2)17(23)20(14)26)31-15-9-6-12(3)18(24)21(15)27/h4-9H,1-3H3. The van der Waals surface area contributed by atoms with E-state index in [1.54, 1.807) is 18.2 Å². The molecular formula is C21H15Br6O4P. The van der Waals surface area contributed by atoms with Crippen LogP contribution in [-0.2, 0) is 4.57 Å². The summed E-state index contributed by atoms with van der Waals surface area (Å²) in [6.07, 6.45) is 0. The average Bonchev–Trinajstić information content (AvgIpc) is 2.75. The first-order valence-electron chi connectivity index (χ1n) is 8.96. The second kappa shape index (κ2) is 10.8. The van der Waals surface area contributed by atoms with Crippen molar-refractivity contribution in [3.8, 4) is 17.2 Å². The molecule has 0 aliphatic heterocycles. The summed E-state index contributed by atoms with van der Waals surface area (Å²) in [5.41, 5.74) is 2.95. The van der Waals surface area contributed by atoms with Crippen molar-refractivity contribution < 1.29 is 18.1 Å². The van der Waals surface area contributed by atoms with Crippen LogP contribution in [-0.4, -0.2) is 0 Å². The molecule has 0 atom stereocenters. The van der Waals surface area contributed by atoms with Crippen LogP contribution in [0.25, 0.3) is 0 Å². The van der Waals surface area contributed by atoms with Gasteiger partial charge in [-0.05, 0) is 151 Å². The van der Waals surface area contributed by atoms with Gasteiger partial charge in [-0.1, -0.05) is 18.2 Å². The van der Waals surface area contributed by atoms with E-state index in [-0.39, 0.29) is 0 Å². The number of halogens is 6. The molecule has 32 heavy (non-hydrogen) atoms. The SMILES string of the molecule is Cc1ccc(OP(=O)(Oc2ccc(C)c(Br)c2Br)Oc2ccc(C)c(Br)c2Br)c(Br)c1Br. The number of phosphoric acid groups is 1. The molecule has 0 unspecified atom stereocenters. The molecule has 0 spiro atoms. The molecule has 3 rings (SSSR count). The van der Waals surface area contributed by atoms with Gasteiger partial charge in [-0.3, -0.25) is 0 Å². The van der Waals surface area contributed by atoms with E-state index in [0.29, 0.717) is 30.7 Å². The van der Waals surface area contributed by atoms with Crippen molar-refractivity contribution in [3.05, 3.63) is 79.9 Å². The van der Waals surface area contributed by atoms with Gasteiger partial charge in [0.1, 0.15) is 17.2 Å². The first-order chi connectivity index (χ1) is 14.9. The quantitative estimate of drug-likeness (QED) is 0.232. The van der Waals surface area contributed by atoms with Crippen molar-refractivity contribution in [1.82, 2.24) is 0 Å². The Bertz CT molecular complexity index is 1100. The monoisotopic (exact) mass is 836 g/mol. The van der Waals surface area contributed by atoms with E-state index in [2.05, 4.69) is 95.6 Å². The fourth-order valence-corrected chi connectivity index (χ4v) is 6.74. The zero-order chi connectivity index (χ0) is 23.8. The topological polar surface area (TPSA) is 44.8 Å². The Balaban J connectivity index is 2.09. The van der Waals surface area contributed by atoms with Crippen molar-refractivity contribution in [2.75, 3.05) is 0 Å². The van der Waals surface area contributed by atoms with Gasteiger partial charge in [-0.2, -0.15) is 4.57 Å². The van der Waals surface area contributed by atoms with Crippen LogP contribution in [0.3, 0.4) is 0 Å². The molecule has 11 heteroatoms. The molecule has 3 aromatic rings. The third-order valence-corrected chi connectivity index (χ3v) is 12.6. The largest absolute Gasteiger partial charge is 0.647 e. The minimum absolute atomic E-state index is 0.301. The Hall–Kier alpha value is 0.170. The van der Waals surface area contributed by atoms with Gasteiger partial charge in [0.05, 0.1) is 13.4 Å². The zero-order valence-electron chi connectivity index (χ0n) is 16.8. The van der Waals surface area contributed by atoms with E-state index in [0.717, 1.165) is 30.1 Å². The second-order valence-corrected chi connectivity index (χ2v) is 12.9. The van der Waals surface area contributed by atoms with Crippen molar-refractivity contribution in [2.45, 2.75) is 20.8 Å². The number of hydrogen-bond acceptors (Lipinski definition) is 4. The number of aryl methyl sites for hydroxylation is 3. The van der Waals surface area contributed by atoms with Gasteiger partial charge < -0.3 is 13.6 Å². The Morgan fingerprint density at radius 2 is 0.750 bits per heavy atom. The Morgan fingerprint density at radius 3 is 1.00 bits per heavy atom. The Kier molecular flexibility index (Phi) is 9.06. The van der Waals surface area contributed by atoms with E-state index in [1.807, 2.05) is 39.0 Å². The van der Waals surface area contributed by atoms with E-state index >= 15 is 0 Å². The van der Waals surface area contributed by atoms with Crippen molar-refractivity contribution in [1.29, 1.82) is 0 Å². The molecular weight excluding hydrogens is 827 g/mol. The highest BCUT2D eigenvalue weighted by molar-refractivity contribution is 9.13. The molecule has 0 saturated heterocycles. The highest BCUT2D eigenvalue weighted by Gasteiger charge is 2.36. The van der Waals surface area contributed by atoms with Gasteiger partial charge in [-0.25, -0.2) is 0 Å². The first kappa shape index (κ1) is 26.8. The lowest BCUT2D eigenvalue weighted by Crippen LogP contribution is -2.09. The van der Waals surface area contributed by atoms with Gasteiger partial charge in [0, 0.05) is 13.4 Å². The van der Waals surface area contributed by atoms with E-state index in [9.17, 15) is 4.57 Å². The normalized spacial score (nSPS) is 11.4. The highest BCUT2D eigenvalue weighted by atomic mass is 79.9. The summed E-state index contributed by atoms with van der Waals surface area (Å²) in [7, 11) is -4.22. The number of rotatable bonds is 6. The maximum Gasteiger partial charge on any atom is 0.647 e. The first-order valence-corrected chi connectivity index (χ1v) is 15.2. The third-order valence-electron chi connectivity index (χ3n) is 4.35. The van der Waals surface area contributed by atoms with Crippen LogP contribution in [0.15, 0.2) is 63.2 Å². The third kappa shape index (κ3) is 5.86.